The highest BCUT2D eigenvalue weighted by Gasteiger charge is 2.24. The van der Waals surface area contributed by atoms with Crippen molar-refractivity contribution in [2.24, 2.45) is 0 Å². The summed E-state index contributed by atoms with van der Waals surface area (Å²) in [4.78, 5) is 9.65. The van der Waals surface area contributed by atoms with Crippen LogP contribution in [0.5, 0.6) is 5.75 Å². The van der Waals surface area contributed by atoms with E-state index < -0.39 is 22.5 Å². The predicted molar refractivity (Wildman–Crippen MR) is 64.1 cm³/mol. The first-order valence-corrected chi connectivity index (χ1v) is 5.82. The van der Waals surface area contributed by atoms with Gasteiger partial charge in [0, 0.05) is 18.2 Å². The zero-order chi connectivity index (χ0) is 13.8. The molecular formula is C12H12FN3O3. The van der Waals surface area contributed by atoms with Gasteiger partial charge in [0.1, 0.15) is 18.4 Å². The Morgan fingerprint density at radius 3 is 2.89 bits per heavy atom. The molecule has 0 aliphatic heterocycles. The summed E-state index contributed by atoms with van der Waals surface area (Å²) in [6.07, 6.45) is 2.09. The second-order valence-corrected chi connectivity index (χ2v) is 4.30. The van der Waals surface area contributed by atoms with E-state index in [9.17, 15) is 14.5 Å². The molecule has 1 aliphatic rings. The second kappa shape index (κ2) is 5.63. The summed E-state index contributed by atoms with van der Waals surface area (Å²) in [5.74, 6) is -0.785. The maximum Gasteiger partial charge on any atom is 0.305 e. The van der Waals surface area contributed by atoms with Gasteiger partial charge in [-0.3, -0.25) is 15.4 Å². The first-order valence-electron chi connectivity index (χ1n) is 5.82. The third-order valence-corrected chi connectivity index (χ3v) is 2.70. The summed E-state index contributed by atoms with van der Waals surface area (Å²) in [6.45, 7) is 0.0737. The van der Waals surface area contributed by atoms with Gasteiger partial charge in [0.2, 0.25) is 5.82 Å². The highest BCUT2D eigenvalue weighted by molar-refractivity contribution is 5.38. The van der Waals surface area contributed by atoms with Crippen molar-refractivity contribution in [1.29, 1.82) is 5.26 Å². The van der Waals surface area contributed by atoms with E-state index in [2.05, 4.69) is 5.32 Å². The highest BCUT2D eigenvalue weighted by Crippen LogP contribution is 2.23. The lowest BCUT2D eigenvalue weighted by Gasteiger charge is -2.12. The number of nitro groups is 1. The molecule has 0 spiro atoms. The van der Waals surface area contributed by atoms with Crippen LogP contribution in [0.15, 0.2) is 18.2 Å². The maximum absolute atomic E-state index is 13.3. The smallest absolute Gasteiger partial charge is 0.305 e. The number of rotatable bonds is 6. The Morgan fingerprint density at radius 1 is 1.63 bits per heavy atom. The SMILES string of the molecule is N#CC(COc1ccc([N+](=O)[O-])c(F)c1)NC1CC1. The average molecular weight is 265 g/mol. The molecule has 1 aromatic carbocycles. The number of ether oxygens (including phenoxy) is 1. The zero-order valence-corrected chi connectivity index (χ0v) is 10.0. The van der Waals surface area contributed by atoms with Gasteiger partial charge in [0.15, 0.2) is 0 Å². The molecule has 100 valence electrons. The topological polar surface area (TPSA) is 88.2 Å². The van der Waals surface area contributed by atoms with Crippen LogP contribution in [-0.4, -0.2) is 23.6 Å². The molecule has 1 atom stereocenters. The molecule has 0 bridgehead atoms. The quantitative estimate of drug-likeness (QED) is 0.625. The highest BCUT2D eigenvalue weighted by atomic mass is 19.1. The van der Waals surface area contributed by atoms with Gasteiger partial charge in [-0.2, -0.15) is 9.65 Å². The van der Waals surface area contributed by atoms with Crippen LogP contribution >= 0.6 is 0 Å². The zero-order valence-electron chi connectivity index (χ0n) is 10.0. The van der Waals surface area contributed by atoms with Crippen LogP contribution in [0.25, 0.3) is 0 Å². The van der Waals surface area contributed by atoms with Crippen molar-refractivity contribution in [1.82, 2.24) is 5.32 Å². The van der Waals surface area contributed by atoms with Gasteiger partial charge in [-0.25, -0.2) is 0 Å². The van der Waals surface area contributed by atoms with Crippen molar-refractivity contribution >= 4 is 5.69 Å². The number of nitrogens with one attached hydrogen (secondary N) is 1. The van der Waals surface area contributed by atoms with E-state index in [1.807, 2.05) is 6.07 Å². The molecule has 0 saturated heterocycles. The Kier molecular flexibility index (Phi) is 3.92. The van der Waals surface area contributed by atoms with E-state index >= 15 is 0 Å². The molecule has 1 saturated carbocycles. The fraction of sp³-hybridized carbons (Fsp3) is 0.417. The van der Waals surface area contributed by atoms with Gasteiger partial charge in [-0.05, 0) is 18.9 Å². The summed E-state index contributed by atoms with van der Waals surface area (Å²) in [5.41, 5.74) is -0.597. The summed E-state index contributed by atoms with van der Waals surface area (Å²) < 4.78 is 18.6. The molecule has 1 aromatic rings. The van der Waals surface area contributed by atoms with Crippen molar-refractivity contribution in [3.63, 3.8) is 0 Å². The van der Waals surface area contributed by atoms with Crippen molar-refractivity contribution in [2.75, 3.05) is 6.61 Å². The van der Waals surface area contributed by atoms with Crippen LogP contribution in [-0.2, 0) is 0 Å². The van der Waals surface area contributed by atoms with Crippen molar-refractivity contribution < 1.29 is 14.1 Å². The number of benzene rings is 1. The fourth-order valence-electron chi connectivity index (χ4n) is 1.56. The van der Waals surface area contributed by atoms with Gasteiger partial charge in [0.05, 0.1) is 11.0 Å². The number of nitrogens with zero attached hydrogens (tertiary/aromatic N) is 2. The minimum absolute atomic E-state index is 0.0737. The van der Waals surface area contributed by atoms with E-state index in [0.717, 1.165) is 25.0 Å². The molecular weight excluding hydrogens is 253 g/mol. The Labute approximate surface area is 108 Å². The van der Waals surface area contributed by atoms with E-state index in [1.165, 1.54) is 6.07 Å². The molecule has 19 heavy (non-hydrogen) atoms. The van der Waals surface area contributed by atoms with E-state index in [1.54, 1.807) is 0 Å². The first kappa shape index (κ1) is 13.2. The van der Waals surface area contributed by atoms with Crippen LogP contribution in [0.2, 0.25) is 0 Å². The van der Waals surface area contributed by atoms with Gasteiger partial charge in [-0.1, -0.05) is 0 Å². The van der Waals surface area contributed by atoms with Gasteiger partial charge in [0.25, 0.3) is 0 Å². The molecule has 1 N–H and O–H groups in total. The molecule has 6 nitrogen and oxygen atoms in total. The molecule has 7 heteroatoms. The van der Waals surface area contributed by atoms with Crippen LogP contribution in [0.3, 0.4) is 0 Å². The van der Waals surface area contributed by atoms with Crippen LogP contribution in [0.1, 0.15) is 12.8 Å². The van der Waals surface area contributed by atoms with Crippen LogP contribution in [0, 0.1) is 27.3 Å². The lowest BCUT2D eigenvalue weighted by atomic mass is 10.3. The lowest BCUT2D eigenvalue weighted by molar-refractivity contribution is -0.387. The number of hydrogen-bond donors (Lipinski definition) is 1. The Balaban J connectivity index is 1.93. The molecule has 0 aromatic heterocycles. The van der Waals surface area contributed by atoms with Crippen molar-refractivity contribution in [3.05, 3.63) is 34.1 Å². The summed E-state index contributed by atoms with van der Waals surface area (Å²) >= 11 is 0. The third kappa shape index (κ3) is 3.63. The summed E-state index contributed by atoms with van der Waals surface area (Å²) in [7, 11) is 0. The minimum atomic E-state index is -0.953. The maximum atomic E-state index is 13.3. The largest absolute Gasteiger partial charge is 0.491 e. The number of nitro benzene ring substituents is 1. The Bertz CT molecular complexity index is 525. The average Bonchev–Trinajstić information content (AvgIpc) is 3.18. The normalized spacial score (nSPS) is 15.6. The predicted octanol–water partition coefficient (Wildman–Crippen LogP) is 1.76. The summed E-state index contributed by atoms with van der Waals surface area (Å²) in [6, 6.07) is 5.25. The molecule has 1 fully saturated rings. The first-order chi connectivity index (χ1) is 9.10. The molecule has 1 aliphatic carbocycles. The summed E-state index contributed by atoms with van der Waals surface area (Å²) in [5, 5.41) is 22.4. The number of nitriles is 1. The molecule has 0 amide bonds. The van der Waals surface area contributed by atoms with Gasteiger partial charge < -0.3 is 4.74 Å². The molecule has 0 heterocycles. The van der Waals surface area contributed by atoms with Gasteiger partial charge >= 0.3 is 5.69 Å². The van der Waals surface area contributed by atoms with E-state index in [0.29, 0.717) is 6.04 Å². The molecule has 2 rings (SSSR count). The number of hydrogen-bond acceptors (Lipinski definition) is 5. The lowest BCUT2D eigenvalue weighted by Crippen LogP contribution is -2.34. The monoisotopic (exact) mass is 265 g/mol. The Hall–Kier alpha value is -2.20. The van der Waals surface area contributed by atoms with Crippen LogP contribution in [0.4, 0.5) is 10.1 Å². The Morgan fingerprint density at radius 2 is 2.37 bits per heavy atom. The van der Waals surface area contributed by atoms with E-state index in [4.69, 9.17) is 10.00 Å². The van der Waals surface area contributed by atoms with Crippen molar-refractivity contribution in [3.8, 4) is 11.8 Å². The number of halogens is 1. The van der Waals surface area contributed by atoms with E-state index in [-0.39, 0.29) is 12.4 Å². The third-order valence-electron chi connectivity index (χ3n) is 2.70. The van der Waals surface area contributed by atoms with Crippen molar-refractivity contribution in [2.45, 2.75) is 24.9 Å². The standard InChI is InChI=1S/C12H12FN3O3/c13-11-5-10(3-4-12(11)16(17)18)19-7-9(6-14)15-8-1-2-8/h3-5,8-9,15H,1-2,7H2. The molecule has 1 unspecified atom stereocenters. The van der Waals surface area contributed by atoms with Gasteiger partial charge in [-0.15, -0.1) is 0 Å². The fourth-order valence-corrected chi connectivity index (χ4v) is 1.56. The second-order valence-electron chi connectivity index (χ2n) is 4.30. The molecule has 0 radical (unpaired) electrons. The van der Waals surface area contributed by atoms with Crippen LogP contribution < -0.4 is 10.1 Å². The minimum Gasteiger partial charge on any atom is -0.491 e.